The summed E-state index contributed by atoms with van der Waals surface area (Å²) in [6.45, 7) is 2.08. The van der Waals surface area contributed by atoms with E-state index < -0.39 is 0 Å². The van der Waals surface area contributed by atoms with Crippen LogP contribution in [0, 0.1) is 10.1 Å². The molecule has 5 heteroatoms. The fourth-order valence-corrected chi connectivity index (χ4v) is 2.68. The van der Waals surface area contributed by atoms with Crippen molar-refractivity contribution in [3.8, 4) is 5.75 Å². The smallest absolute Gasteiger partial charge is 0.311 e. The Balaban J connectivity index is 1.88. The number of nitro benzene ring substituents is 1. The highest BCUT2D eigenvalue weighted by molar-refractivity contribution is 5.52. The number of fused-ring (bicyclic) bond motifs is 1. The molecule has 22 heavy (non-hydrogen) atoms. The zero-order chi connectivity index (χ0) is 15.4. The van der Waals surface area contributed by atoms with E-state index in [0.717, 1.165) is 42.6 Å². The van der Waals surface area contributed by atoms with E-state index in [0.29, 0.717) is 12.4 Å². The summed E-state index contributed by atoms with van der Waals surface area (Å²) in [7, 11) is 0. The highest BCUT2D eigenvalue weighted by Crippen LogP contribution is 2.32. The van der Waals surface area contributed by atoms with Gasteiger partial charge in [-0.05, 0) is 48.7 Å². The normalized spacial score (nSPS) is 14.0. The summed E-state index contributed by atoms with van der Waals surface area (Å²) < 4.78 is 5.73. The second-order valence-electron chi connectivity index (χ2n) is 5.37. The number of hydrogen-bond donors (Lipinski definition) is 1. The first-order valence-electron chi connectivity index (χ1n) is 7.41. The summed E-state index contributed by atoms with van der Waals surface area (Å²) in [6.07, 6.45) is 1.68. The Labute approximate surface area is 129 Å². The Hall–Kier alpha value is -2.40. The zero-order valence-corrected chi connectivity index (χ0v) is 12.2. The molecule has 0 radical (unpaired) electrons. The van der Waals surface area contributed by atoms with Crippen molar-refractivity contribution in [1.82, 2.24) is 5.32 Å². The molecule has 2 aromatic carbocycles. The predicted molar refractivity (Wildman–Crippen MR) is 84.1 cm³/mol. The summed E-state index contributed by atoms with van der Waals surface area (Å²) >= 11 is 0. The van der Waals surface area contributed by atoms with Gasteiger partial charge in [0, 0.05) is 6.07 Å². The lowest BCUT2D eigenvalue weighted by molar-refractivity contribution is -0.386. The molecule has 0 fully saturated rings. The number of hydrogen-bond acceptors (Lipinski definition) is 4. The molecule has 1 heterocycles. The van der Waals surface area contributed by atoms with Gasteiger partial charge in [-0.2, -0.15) is 0 Å². The zero-order valence-electron chi connectivity index (χ0n) is 12.2. The summed E-state index contributed by atoms with van der Waals surface area (Å²) in [6, 6.07) is 13.2. The lowest BCUT2D eigenvalue weighted by Gasteiger charge is -2.11. The molecule has 0 aromatic heterocycles. The second kappa shape index (κ2) is 6.58. The largest absolute Gasteiger partial charge is 0.482 e. The van der Waals surface area contributed by atoms with E-state index in [2.05, 4.69) is 5.32 Å². The lowest BCUT2D eigenvalue weighted by atomic mass is 10.0. The number of benzene rings is 2. The van der Waals surface area contributed by atoms with Crippen molar-refractivity contribution in [2.75, 3.05) is 13.1 Å². The first-order chi connectivity index (χ1) is 10.7. The minimum absolute atomic E-state index is 0.0524. The average molecular weight is 298 g/mol. The monoisotopic (exact) mass is 298 g/mol. The maximum atomic E-state index is 11.3. The van der Waals surface area contributed by atoms with Crippen LogP contribution >= 0.6 is 0 Å². The van der Waals surface area contributed by atoms with Gasteiger partial charge in [-0.25, -0.2) is 0 Å². The molecule has 2 aromatic rings. The number of nitrogens with one attached hydrogen (secondary N) is 1. The molecule has 0 spiro atoms. The Bertz CT molecular complexity index is 671. The van der Waals surface area contributed by atoms with E-state index in [9.17, 15) is 10.1 Å². The highest BCUT2D eigenvalue weighted by atomic mass is 16.6. The van der Waals surface area contributed by atoms with Gasteiger partial charge in [-0.15, -0.1) is 0 Å². The first kappa shape index (κ1) is 14.5. The lowest BCUT2D eigenvalue weighted by Crippen LogP contribution is -2.16. The van der Waals surface area contributed by atoms with Gasteiger partial charge in [0.1, 0.15) is 6.61 Å². The van der Waals surface area contributed by atoms with Crippen molar-refractivity contribution in [3.63, 3.8) is 0 Å². The molecule has 1 aliphatic rings. The summed E-state index contributed by atoms with van der Waals surface area (Å²) in [5, 5.41) is 14.6. The molecule has 0 amide bonds. The van der Waals surface area contributed by atoms with Gasteiger partial charge in [0.15, 0.2) is 5.75 Å². The van der Waals surface area contributed by atoms with Crippen LogP contribution in [0.15, 0.2) is 42.5 Å². The fourth-order valence-electron chi connectivity index (χ4n) is 2.68. The van der Waals surface area contributed by atoms with E-state index in [-0.39, 0.29) is 10.6 Å². The third-order valence-corrected chi connectivity index (χ3v) is 3.86. The van der Waals surface area contributed by atoms with E-state index in [1.807, 2.05) is 36.4 Å². The molecule has 0 aliphatic carbocycles. The van der Waals surface area contributed by atoms with E-state index in [4.69, 9.17) is 4.74 Å². The van der Waals surface area contributed by atoms with Crippen LogP contribution in [0.1, 0.15) is 16.7 Å². The Morgan fingerprint density at radius 3 is 2.45 bits per heavy atom. The molecule has 1 aliphatic heterocycles. The summed E-state index contributed by atoms with van der Waals surface area (Å²) in [5.74, 6) is 0.356. The molecule has 0 atom stereocenters. The van der Waals surface area contributed by atoms with Gasteiger partial charge in [0.2, 0.25) is 0 Å². The standard InChI is InChI=1S/C17H18N2O3/c20-19(21)16-10-14-6-8-18-9-7-15(14)11-17(16)22-12-13-4-2-1-3-5-13/h1-5,10-11,18H,6-9,12H2. The minimum Gasteiger partial charge on any atom is -0.482 e. The van der Waals surface area contributed by atoms with E-state index in [1.54, 1.807) is 6.07 Å². The predicted octanol–water partition coefficient (Wildman–Crippen LogP) is 2.86. The van der Waals surface area contributed by atoms with Gasteiger partial charge in [-0.1, -0.05) is 30.3 Å². The van der Waals surface area contributed by atoms with Crippen LogP contribution < -0.4 is 10.1 Å². The van der Waals surface area contributed by atoms with Gasteiger partial charge in [0.05, 0.1) is 4.92 Å². The van der Waals surface area contributed by atoms with Gasteiger partial charge < -0.3 is 10.1 Å². The second-order valence-corrected chi connectivity index (χ2v) is 5.37. The van der Waals surface area contributed by atoms with Crippen molar-refractivity contribution in [3.05, 3.63) is 69.3 Å². The molecule has 0 saturated heterocycles. The van der Waals surface area contributed by atoms with Crippen molar-refractivity contribution in [2.45, 2.75) is 19.4 Å². The van der Waals surface area contributed by atoms with Crippen LogP contribution in [0.5, 0.6) is 5.75 Å². The summed E-state index contributed by atoms with van der Waals surface area (Å²) in [5.41, 5.74) is 3.23. The van der Waals surface area contributed by atoms with Crippen molar-refractivity contribution < 1.29 is 9.66 Å². The number of ether oxygens (including phenoxy) is 1. The Morgan fingerprint density at radius 1 is 1.09 bits per heavy atom. The van der Waals surface area contributed by atoms with Gasteiger partial charge >= 0.3 is 5.69 Å². The maximum Gasteiger partial charge on any atom is 0.311 e. The molecule has 114 valence electrons. The number of nitrogens with zero attached hydrogens (tertiary/aromatic N) is 1. The SMILES string of the molecule is O=[N+]([O-])c1cc2c(cc1OCc1ccccc1)CCNCC2. The van der Waals surface area contributed by atoms with Crippen LogP contribution in [0.25, 0.3) is 0 Å². The first-order valence-corrected chi connectivity index (χ1v) is 7.41. The van der Waals surface area contributed by atoms with E-state index in [1.165, 1.54) is 0 Å². The van der Waals surface area contributed by atoms with Gasteiger partial charge in [0.25, 0.3) is 0 Å². The number of nitro groups is 1. The maximum absolute atomic E-state index is 11.3. The third kappa shape index (κ3) is 3.26. The van der Waals surface area contributed by atoms with Crippen molar-refractivity contribution in [1.29, 1.82) is 0 Å². The van der Waals surface area contributed by atoms with Crippen molar-refractivity contribution in [2.24, 2.45) is 0 Å². The Kier molecular flexibility index (Phi) is 4.34. The molecule has 0 bridgehead atoms. The number of rotatable bonds is 4. The fraction of sp³-hybridized carbons (Fsp3) is 0.294. The molecule has 0 saturated carbocycles. The summed E-state index contributed by atoms with van der Waals surface area (Å²) in [4.78, 5) is 11.0. The topological polar surface area (TPSA) is 64.4 Å². The third-order valence-electron chi connectivity index (χ3n) is 3.86. The van der Waals surface area contributed by atoms with E-state index >= 15 is 0 Å². The molecule has 1 N–H and O–H groups in total. The molecular formula is C17H18N2O3. The molecule has 3 rings (SSSR count). The van der Waals surface area contributed by atoms with Crippen LogP contribution in [-0.2, 0) is 19.4 Å². The van der Waals surface area contributed by atoms with Crippen LogP contribution in [0.4, 0.5) is 5.69 Å². The average Bonchev–Trinajstić information content (AvgIpc) is 2.77. The minimum atomic E-state index is -0.362. The Morgan fingerprint density at radius 2 is 1.77 bits per heavy atom. The van der Waals surface area contributed by atoms with Crippen LogP contribution in [0.3, 0.4) is 0 Å². The van der Waals surface area contributed by atoms with Crippen LogP contribution in [-0.4, -0.2) is 18.0 Å². The quantitative estimate of drug-likeness (QED) is 0.696. The highest BCUT2D eigenvalue weighted by Gasteiger charge is 2.20. The molecular weight excluding hydrogens is 280 g/mol. The molecule has 0 unspecified atom stereocenters. The molecule has 5 nitrogen and oxygen atoms in total. The van der Waals surface area contributed by atoms with Crippen molar-refractivity contribution >= 4 is 5.69 Å². The van der Waals surface area contributed by atoms with Crippen LogP contribution in [0.2, 0.25) is 0 Å². The van der Waals surface area contributed by atoms with Gasteiger partial charge in [-0.3, -0.25) is 10.1 Å².